The average molecular weight is 408 g/mol. The third kappa shape index (κ3) is 3.82. The van der Waals surface area contributed by atoms with E-state index in [1.807, 2.05) is 38.1 Å². The Bertz CT molecular complexity index is 1310. The molecule has 29 heavy (non-hydrogen) atoms. The van der Waals surface area contributed by atoms with Crippen LogP contribution in [0.25, 0.3) is 21.9 Å². The molecule has 1 aromatic heterocycles. The summed E-state index contributed by atoms with van der Waals surface area (Å²) in [6.45, 7) is 3.64. The van der Waals surface area contributed by atoms with Crippen LogP contribution in [0, 0.1) is 13.8 Å². The summed E-state index contributed by atoms with van der Waals surface area (Å²) in [6, 6.07) is 15.8. The lowest BCUT2D eigenvalue weighted by atomic mass is 10.1. The van der Waals surface area contributed by atoms with Crippen LogP contribution in [0.5, 0.6) is 5.75 Å². The van der Waals surface area contributed by atoms with Crippen molar-refractivity contribution >= 4 is 45.1 Å². The van der Waals surface area contributed by atoms with Gasteiger partial charge in [0.05, 0.1) is 10.8 Å². The van der Waals surface area contributed by atoms with Gasteiger partial charge in [0.15, 0.2) is 6.61 Å². The minimum absolute atomic E-state index is 0.123. The molecule has 1 heterocycles. The number of para-hydroxylation sites is 1. The summed E-state index contributed by atoms with van der Waals surface area (Å²) >= 11 is 6.14. The SMILES string of the molecule is Cc1cc2oc3cc(NC(=O)COc4ccccc4C)ccc3c(=O)c2cc1Cl. The van der Waals surface area contributed by atoms with Crippen LogP contribution >= 0.6 is 11.6 Å². The molecule has 3 aromatic carbocycles. The quantitative estimate of drug-likeness (QED) is 0.470. The number of carbonyl (C=O) groups excluding carboxylic acids is 1. The fourth-order valence-electron chi connectivity index (χ4n) is 3.11. The van der Waals surface area contributed by atoms with Crippen molar-refractivity contribution in [1.82, 2.24) is 0 Å². The molecule has 0 fully saturated rings. The average Bonchev–Trinajstić information content (AvgIpc) is 2.69. The highest BCUT2D eigenvalue weighted by atomic mass is 35.5. The normalized spacial score (nSPS) is 11.0. The van der Waals surface area contributed by atoms with E-state index in [1.165, 1.54) is 0 Å². The van der Waals surface area contributed by atoms with E-state index in [1.54, 1.807) is 30.3 Å². The summed E-state index contributed by atoms with van der Waals surface area (Å²) in [4.78, 5) is 25.0. The van der Waals surface area contributed by atoms with Gasteiger partial charge < -0.3 is 14.5 Å². The molecule has 0 spiro atoms. The molecule has 4 rings (SSSR count). The monoisotopic (exact) mass is 407 g/mol. The predicted octanol–water partition coefficient (Wildman–Crippen LogP) is 5.23. The molecular weight excluding hydrogens is 390 g/mol. The number of aryl methyl sites for hydroxylation is 2. The van der Waals surface area contributed by atoms with Crippen LogP contribution in [-0.2, 0) is 4.79 Å². The van der Waals surface area contributed by atoms with Crippen LogP contribution in [0.3, 0.4) is 0 Å². The van der Waals surface area contributed by atoms with Gasteiger partial charge in [-0.1, -0.05) is 29.8 Å². The van der Waals surface area contributed by atoms with E-state index in [9.17, 15) is 9.59 Å². The smallest absolute Gasteiger partial charge is 0.262 e. The molecule has 0 bridgehead atoms. The number of halogens is 1. The van der Waals surface area contributed by atoms with Gasteiger partial charge in [0, 0.05) is 16.8 Å². The number of rotatable bonds is 4. The first-order valence-electron chi connectivity index (χ1n) is 9.07. The van der Waals surface area contributed by atoms with E-state index in [4.69, 9.17) is 20.8 Å². The largest absolute Gasteiger partial charge is 0.483 e. The number of fused-ring (bicyclic) bond motifs is 2. The second kappa shape index (κ2) is 7.60. The van der Waals surface area contributed by atoms with Gasteiger partial charge >= 0.3 is 0 Å². The van der Waals surface area contributed by atoms with Gasteiger partial charge in [-0.3, -0.25) is 9.59 Å². The molecule has 6 heteroatoms. The Labute approximate surface area is 171 Å². The molecule has 146 valence electrons. The van der Waals surface area contributed by atoms with E-state index >= 15 is 0 Å². The summed E-state index contributed by atoms with van der Waals surface area (Å²) < 4.78 is 11.5. The summed E-state index contributed by atoms with van der Waals surface area (Å²) in [5.74, 6) is 0.353. The van der Waals surface area contributed by atoms with Crippen LogP contribution in [0.1, 0.15) is 11.1 Å². The minimum atomic E-state index is -0.307. The topological polar surface area (TPSA) is 68.5 Å². The van der Waals surface area contributed by atoms with Gasteiger partial charge in [-0.15, -0.1) is 0 Å². The van der Waals surface area contributed by atoms with Crippen molar-refractivity contribution < 1.29 is 13.9 Å². The van der Waals surface area contributed by atoms with Crippen molar-refractivity contribution in [2.24, 2.45) is 0 Å². The summed E-state index contributed by atoms with van der Waals surface area (Å²) in [5, 5.41) is 4.13. The Kier molecular flexibility index (Phi) is 4.99. The minimum Gasteiger partial charge on any atom is -0.483 e. The van der Waals surface area contributed by atoms with Gasteiger partial charge in [-0.2, -0.15) is 0 Å². The number of hydrogen-bond acceptors (Lipinski definition) is 4. The molecular formula is C23H18ClNO4. The molecule has 0 saturated heterocycles. The van der Waals surface area contributed by atoms with Crippen LogP contribution in [0.15, 0.2) is 63.8 Å². The second-order valence-electron chi connectivity index (χ2n) is 6.84. The number of benzene rings is 3. The van der Waals surface area contributed by atoms with E-state index in [2.05, 4.69) is 5.32 Å². The number of amides is 1. The van der Waals surface area contributed by atoms with Gasteiger partial charge in [0.2, 0.25) is 5.43 Å². The van der Waals surface area contributed by atoms with Crippen molar-refractivity contribution in [3.8, 4) is 5.75 Å². The van der Waals surface area contributed by atoms with Gasteiger partial charge in [-0.25, -0.2) is 0 Å². The maximum absolute atomic E-state index is 12.8. The number of anilines is 1. The standard InChI is InChI=1S/C23H18ClNO4/c1-13-5-3-4-6-19(13)28-12-22(26)25-15-7-8-16-21(10-15)29-20-9-14(2)18(24)11-17(20)23(16)27/h3-11H,12H2,1-2H3,(H,25,26). The first-order valence-corrected chi connectivity index (χ1v) is 9.45. The number of nitrogens with one attached hydrogen (secondary N) is 1. The van der Waals surface area contributed by atoms with E-state index in [0.29, 0.717) is 38.4 Å². The van der Waals surface area contributed by atoms with Crippen LogP contribution in [-0.4, -0.2) is 12.5 Å². The van der Waals surface area contributed by atoms with E-state index in [-0.39, 0.29) is 17.9 Å². The molecule has 0 unspecified atom stereocenters. The highest BCUT2D eigenvalue weighted by molar-refractivity contribution is 6.32. The third-order valence-corrected chi connectivity index (χ3v) is 5.09. The first-order chi connectivity index (χ1) is 13.9. The van der Waals surface area contributed by atoms with Gasteiger partial charge in [0.25, 0.3) is 5.91 Å². The van der Waals surface area contributed by atoms with Gasteiger partial charge in [0.1, 0.15) is 16.9 Å². The third-order valence-electron chi connectivity index (χ3n) is 4.69. The summed E-state index contributed by atoms with van der Waals surface area (Å²) in [5.41, 5.74) is 2.97. The zero-order valence-corrected chi connectivity index (χ0v) is 16.7. The van der Waals surface area contributed by atoms with E-state index in [0.717, 1.165) is 11.1 Å². The lowest BCUT2D eigenvalue weighted by Gasteiger charge is -2.10. The van der Waals surface area contributed by atoms with Crippen molar-refractivity contribution in [1.29, 1.82) is 0 Å². The van der Waals surface area contributed by atoms with Crippen molar-refractivity contribution in [2.75, 3.05) is 11.9 Å². The number of carbonyl (C=O) groups is 1. The van der Waals surface area contributed by atoms with Gasteiger partial charge in [-0.05, 0) is 55.3 Å². The predicted molar refractivity (Wildman–Crippen MR) is 115 cm³/mol. The zero-order chi connectivity index (χ0) is 20.5. The maximum Gasteiger partial charge on any atom is 0.262 e. The Morgan fingerprint density at radius 1 is 1.00 bits per heavy atom. The molecule has 5 nitrogen and oxygen atoms in total. The lowest BCUT2D eigenvalue weighted by Crippen LogP contribution is -2.20. The molecule has 1 N–H and O–H groups in total. The molecule has 0 aliphatic heterocycles. The summed E-state index contributed by atoms with van der Waals surface area (Å²) in [6.07, 6.45) is 0. The number of hydrogen-bond donors (Lipinski definition) is 1. The highest BCUT2D eigenvalue weighted by Gasteiger charge is 2.12. The molecule has 0 radical (unpaired) electrons. The molecule has 0 saturated carbocycles. The van der Waals surface area contributed by atoms with Crippen LogP contribution < -0.4 is 15.5 Å². The second-order valence-corrected chi connectivity index (χ2v) is 7.25. The Morgan fingerprint density at radius 3 is 2.55 bits per heavy atom. The van der Waals surface area contributed by atoms with Crippen LogP contribution in [0.4, 0.5) is 5.69 Å². The fraction of sp³-hybridized carbons (Fsp3) is 0.130. The Morgan fingerprint density at radius 2 is 1.76 bits per heavy atom. The first kappa shape index (κ1) is 19.0. The fourth-order valence-corrected chi connectivity index (χ4v) is 3.27. The van der Waals surface area contributed by atoms with Crippen molar-refractivity contribution in [2.45, 2.75) is 13.8 Å². The molecule has 1 amide bonds. The Hall–Kier alpha value is -3.31. The molecule has 4 aromatic rings. The number of ether oxygens (including phenoxy) is 1. The summed E-state index contributed by atoms with van der Waals surface area (Å²) in [7, 11) is 0. The highest BCUT2D eigenvalue weighted by Crippen LogP contribution is 2.26. The van der Waals surface area contributed by atoms with Crippen molar-refractivity contribution in [3.63, 3.8) is 0 Å². The van der Waals surface area contributed by atoms with Crippen molar-refractivity contribution in [3.05, 3.63) is 81.0 Å². The zero-order valence-electron chi connectivity index (χ0n) is 15.9. The lowest BCUT2D eigenvalue weighted by molar-refractivity contribution is -0.118. The maximum atomic E-state index is 12.8. The molecule has 0 atom stereocenters. The molecule has 0 aliphatic carbocycles. The Balaban J connectivity index is 1.59. The molecule has 0 aliphatic rings. The van der Waals surface area contributed by atoms with E-state index < -0.39 is 0 Å². The van der Waals surface area contributed by atoms with Crippen LogP contribution in [0.2, 0.25) is 5.02 Å².